The van der Waals surface area contributed by atoms with Crippen LogP contribution >= 0.6 is 15.9 Å². The quantitative estimate of drug-likeness (QED) is 0.671. The van der Waals surface area contributed by atoms with Gasteiger partial charge in [-0.25, -0.2) is 0 Å². The van der Waals surface area contributed by atoms with E-state index < -0.39 is 0 Å². The molecule has 0 saturated heterocycles. The molecule has 1 N–H and O–H groups in total. The van der Waals surface area contributed by atoms with Crippen LogP contribution in [0.3, 0.4) is 0 Å². The average Bonchev–Trinajstić information content (AvgIpc) is 1.94. The molecule has 2 nitrogen and oxygen atoms in total. The van der Waals surface area contributed by atoms with Crippen LogP contribution in [-0.4, -0.2) is 17.2 Å². The third-order valence-corrected chi connectivity index (χ3v) is 1.09. The van der Waals surface area contributed by atoms with Crippen molar-refractivity contribution in [2.24, 2.45) is 0 Å². The maximum atomic E-state index is 7.00. The lowest BCUT2D eigenvalue weighted by Gasteiger charge is -1.80. The predicted octanol–water partition coefficient (Wildman–Crippen LogP) is 1.45. The normalized spacial score (nSPS) is 7.44. The minimum Gasteiger partial charge on any atom is -0.400 e. The Morgan fingerprint density at radius 3 is 2.44 bits per heavy atom. The maximum Gasteiger partial charge on any atom is 0.0410 e. The summed E-state index contributed by atoms with van der Waals surface area (Å²) in [5, 5.41) is 7.00. The van der Waals surface area contributed by atoms with Crippen molar-refractivity contribution in [3.63, 3.8) is 0 Å². The fourth-order valence-electron chi connectivity index (χ4n) is 0.342. The maximum absolute atomic E-state index is 7.00. The van der Waals surface area contributed by atoms with Gasteiger partial charge in [-0.15, -0.1) is 0 Å². The number of aliphatic hydroxyl groups is 1. The molecule has 9 heavy (non-hydrogen) atoms. The molecule has 1 aromatic rings. The van der Waals surface area contributed by atoms with E-state index in [4.69, 9.17) is 5.11 Å². The lowest BCUT2D eigenvalue weighted by Crippen LogP contribution is -1.64. The Balaban J connectivity index is 0.000000291. The van der Waals surface area contributed by atoms with E-state index in [-0.39, 0.29) is 0 Å². The van der Waals surface area contributed by atoms with Crippen LogP contribution in [0.2, 0.25) is 0 Å². The molecule has 0 radical (unpaired) electrons. The molecule has 1 aromatic heterocycles. The molecule has 0 fully saturated rings. The number of aromatic nitrogens is 1. The molecule has 50 valence electrons. The van der Waals surface area contributed by atoms with E-state index in [0.717, 1.165) is 11.6 Å². The van der Waals surface area contributed by atoms with Gasteiger partial charge in [-0.2, -0.15) is 0 Å². The largest absolute Gasteiger partial charge is 0.400 e. The molecule has 0 atom stereocenters. The van der Waals surface area contributed by atoms with Crippen LogP contribution in [0, 0.1) is 0 Å². The smallest absolute Gasteiger partial charge is 0.0410 e. The molecule has 0 aliphatic carbocycles. The number of nitrogens with zero attached hydrogens (tertiary/aromatic N) is 1. The second kappa shape index (κ2) is 5.72. The lowest BCUT2D eigenvalue weighted by atomic mass is 10.5. The minimum absolute atomic E-state index is 1.00. The highest BCUT2D eigenvalue weighted by Gasteiger charge is 1.75. The number of aliphatic hydroxyl groups excluding tert-OH is 1. The van der Waals surface area contributed by atoms with Crippen LogP contribution in [-0.2, 0) is 0 Å². The zero-order valence-electron chi connectivity index (χ0n) is 5.08. The number of halogens is 1. The van der Waals surface area contributed by atoms with Gasteiger partial charge < -0.3 is 5.11 Å². The summed E-state index contributed by atoms with van der Waals surface area (Å²) in [6, 6.07) is 3.82. The molecule has 3 heteroatoms. The molecule has 0 unspecified atom stereocenters. The highest BCUT2D eigenvalue weighted by molar-refractivity contribution is 9.10. The molecule has 1 rings (SSSR count). The second-order valence-electron chi connectivity index (χ2n) is 1.17. The molecule has 0 spiro atoms. The third-order valence-electron chi connectivity index (χ3n) is 0.625. The van der Waals surface area contributed by atoms with Crippen molar-refractivity contribution in [3.05, 3.63) is 29.0 Å². The fourth-order valence-corrected chi connectivity index (χ4v) is 0.613. The van der Waals surface area contributed by atoms with Gasteiger partial charge in [0.1, 0.15) is 0 Å². The molecular weight excluding hydrogens is 182 g/mol. The van der Waals surface area contributed by atoms with E-state index in [2.05, 4.69) is 20.9 Å². The Hall–Kier alpha value is -0.410. The van der Waals surface area contributed by atoms with Crippen molar-refractivity contribution in [2.45, 2.75) is 0 Å². The van der Waals surface area contributed by atoms with Crippen molar-refractivity contribution in [1.82, 2.24) is 4.98 Å². The molecule has 0 bridgehead atoms. The first-order chi connectivity index (χ1) is 4.39. The van der Waals surface area contributed by atoms with Crippen LogP contribution in [0.5, 0.6) is 0 Å². The first-order valence-corrected chi connectivity index (χ1v) is 3.19. The molecule has 0 amide bonds. The fraction of sp³-hybridized carbons (Fsp3) is 0.167. The Kier molecular flexibility index (Phi) is 5.46. The lowest BCUT2D eigenvalue weighted by molar-refractivity contribution is 0.399. The van der Waals surface area contributed by atoms with Crippen LogP contribution in [0.4, 0.5) is 0 Å². The molecule has 0 saturated carbocycles. The van der Waals surface area contributed by atoms with Crippen molar-refractivity contribution in [3.8, 4) is 0 Å². The average molecular weight is 190 g/mol. The molecule has 0 aliphatic heterocycles. The van der Waals surface area contributed by atoms with Gasteiger partial charge in [0.05, 0.1) is 0 Å². The van der Waals surface area contributed by atoms with Gasteiger partial charge in [0.25, 0.3) is 0 Å². The van der Waals surface area contributed by atoms with E-state index in [9.17, 15) is 0 Å². The van der Waals surface area contributed by atoms with Gasteiger partial charge in [-0.3, -0.25) is 4.98 Å². The van der Waals surface area contributed by atoms with Gasteiger partial charge in [-0.05, 0) is 28.1 Å². The van der Waals surface area contributed by atoms with Crippen LogP contribution in [0.25, 0.3) is 0 Å². The topological polar surface area (TPSA) is 33.1 Å². The summed E-state index contributed by atoms with van der Waals surface area (Å²) in [5.74, 6) is 0. The van der Waals surface area contributed by atoms with Crippen LogP contribution < -0.4 is 0 Å². The van der Waals surface area contributed by atoms with Crippen molar-refractivity contribution in [1.29, 1.82) is 0 Å². The summed E-state index contributed by atoms with van der Waals surface area (Å²) >= 11 is 3.25. The van der Waals surface area contributed by atoms with Gasteiger partial charge >= 0.3 is 0 Å². The van der Waals surface area contributed by atoms with Gasteiger partial charge in [0.2, 0.25) is 0 Å². The molecule has 1 heterocycles. The van der Waals surface area contributed by atoms with Gasteiger partial charge in [0, 0.05) is 24.0 Å². The van der Waals surface area contributed by atoms with E-state index in [1.54, 1.807) is 12.4 Å². The molecular formula is C6H8BrNO. The summed E-state index contributed by atoms with van der Waals surface area (Å²) in [4.78, 5) is 3.84. The number of rotatable bonds is 0. The van der Waals surface area contributed by atoms with Crippen LogP contribution in [0.15, 0.2) is 29.0 Å². The summed E-state index contributed by atoms with van der Waals surface area (Å²) in [6.07, 6.45) is 3.49. The highest BCUT2D eigenvalue weighted by atomic mass is 79.9. The van der Waals surface area contributed by atoms with Gasteiger partial charge in [0.15, 0.2) is 0 Å². The first-order valence-electron chi connectivity index (χ1n) is 2.40. The monoisotopic (exact) mass is 189 g/mol. The summed E-state index contributed by atoms with van der Waals surface area (Å²) in [5.41, 5.74) is 0. The number of hydrogen-bond donors (Lipinski definition) is 1. The Morgan fingerprint density at radius 1 is 1.56 bits per heavy atom. The van der Waals surface area contributed by atoms with Crippen molar-refractivity contribution in [2.75, 3.05) is 7.11 Å². The summed E-state index contributed by atoms with van der Waals surface area (Å²) in [7, 11) is 1.00. The standard InChI is InChI=1S/C5H4BrN.CH4O/c6-5-2-1-3-7-4-5;1-2/h1-4H;2H,1H3. The Labute approximate surface area is 62.7 Å². The van der Waals surface area contributed by atoms with Crippen molar-refractivity contribution >= 4 is 15.9 Å². The van der Waals surface area contributed by atoms with Crippen LogP contribution in [0.1, 0.15) is 0 Å². The predicted molar refractivity (Wildman–Crippen MR) is 40.1 cm³/mol. The van der Waals surface area contributed by atoms with E-state index in [1.165, 1.54) is 0 Å². The molecule has 0 aliphatic rings. The molecule has 0 aromatic carbocycles. The van der Waals surface area contributed by atoms with E-state index in [0.29, 0.717) is 0 Å². The zero-order chi connectivity index (χ0) is 7.11. The first kappa shape index (κ1) is 8.59. The van der Waals surface area contributed by atoms with E-state index in [1.807, 2.05) is 12.1 Å². The van der Waals surface area contributed by atoms with E-state index >= 15 is 0 Å². The number of pyridine rings is 1. The number of hydrogen-bond acceptors (Lipinski definition) is 2. The SMILES string of the molecule is Brc1cccnc1.CO. The second-order valence-corrected chi connectivity index (χ2v) is 2.09. The summed E-state index contributed by atoms with van der Waals surface area (Å²) in [6.45, 7) is 0. The minimum atomic E-state index is 1.00. The van der Waals surface area contributed by atoms with Gasteiger partial charge in [-0.1, -0.05) is 0 Å². The summed E-state index contributed by atoms with van der Waals surface area (Å²) < 4.78 is 1.02. The highest BCUT2D eigenvalue weighted by Crippen LogP contribution is 2.02. The third kappa shape index (κ3) is 4.12. The Morgan fingerprint density at radius 2 is 2.22 bits per heavy atom. The Bertz CT molecular complexity index is 143. The van der Waals surface area contributed by atoms with Crippen molar-refractivity contribution < 1.29 is 5.11 Å². The zero-order valence-corrected chi connectivity index (χ0v) is 6.67.